The average molecular weight is 317 g/mol. The molecule has 0 saturated heterocycles. The number of nitrogens with zero attached hydrogens (tertiary/aromatic N) is 1. The number of rotatable bonds is 4. The lowest BCUT2D eigenvalue weighted by molar-refractivity contribution is 0.903. The smallest absolute Gasteiger partial charge is 0.0461 e. The number of fused-ring (bicyclic) bond motifs is 1. The van der Waals surface area contributed by atoms with Crippen LogP contribution in [0, 0.1) is 6.92 Å². The molecule has 1 heteroatoms. The molecule has 1 aromatic carbocycles. The summed E-state index contributed by atoms with van der Waals surface area (Å²) in [6, 6.07) is 9.19. The third kappa shape index (κ3) is 3.17. The van der Waals surface area contributed by atoms with E-state index in [0.717, 1.165) is 19.3 Å². The van der Waals surface area contributed by atoms with Gasteiger partial charge in [-0.25, -0.2) is 0 Å². The number of allylic oxidation sites excluding steroid dienone is 3. The van der Waals surface area contributed by atoms with Crippen molar-refractivity contribution in [3.8, 4) is 5.69 Å². The van der Waals surface area contributed by atoms with Gasteiger partial charge in [-0.3, -0.25) is 0 Å². The topological polar surface area (TPSA) is 4.93 Å². The zero-order chi connectivity index (χ0) is 17.1. The van der Waals surface area contributed by atoms with E-state index in [1.807, 2.05) is 0 Å². The van der Waals surface area contributed by atoms with Crippen molar-refractivity contribution in [2.24, 2.45) is 0 Å². The lowest BCUT2D eigenvalue weighted by atomic mass is 10.1. The van der Waals surface area contributed by atoms with Crippen LogP contribution in [0.2, 0.25) is 0 Å². The molecule has 1 aliphatic rings. The SMILES string of the molecule is CC=C/C(C)=C\c1cc(CC)n(-c2ccc3c(c2)=CCCC=3)c1C. The van der Waals surface area contributed by atoms with Crippen molar-refractivity contribution in [1.29, 1.82) is 0 Å². The monoisotopic (exact) mass is 317 g/mol. The zero-order valence-corrected chi connectivity index (χ0v) is 15.3. The fourth-order valence-corrected chi connectivity index (χ4v) is 3.56. The maximum atomic E-state index is 2.41. The Labute approximate surface area is 145 Å². The summed E-state index contributed by atoms with van der Waals surface area (Å²) in [4.78, 5) is 0. The summed E-state index contributed by atoms with van der Waals surface area (Å²) >= 11 is 0. The van der Waals surface area contributed by atoms with Gasteiger partial charge in [0.25, 0.3) is 0 Å². The number of aryl methyl sites for hydroxylation is 1. The van der Waals surface area contributed by atoms with Crippen LogP contribution in [0.3, 0.4) is 0 Å². The maximum Gasteiger partial charge on any atom is 0.0461 e. The molecule has 0 bridgehead atoms. The van der Waals surface area contributed by atoms with Crippen molar-refractivity contribution in [3.63, 3.8) is 0 Å². The molecule has 0 atom stereocenters. The van der Waals surface area contributed by atoms with Crippen molar-refractivity contribution in [3.05, 3.63) is 69.4 Å². The largest absolute Gasteiger partial charge is 0.318 e. The highest BCUT2D eigenvalue weighted by Gasteiger charge is 2.11. The molecule has 0 spiro atoms. The molecule has 1 heterocycles. The van der Waals surface area contributed by atoms with Gasteiger partial charge in [0.15, 0.2) is 0 Å². The minimum absolute atomic E-state index is 1.03. The Hall–Kier alpha value is -2.28. The van der Waals surface area contributed by atoms with Gasteiger partial charge in [-0.1, -0.05) is 48.9 Å². The van der Waals surface area contributed by atoms with E-state index in [0.29, 0.717) is 0 Å². The van der Waals surface area contributed by atoms with E-state index in [1.54, 1.807) is 0 Å². The minimum Gasteiger partial charge on any atom is -0.318 e. The Morgan fingerprint density at radius 3 is 2.58 bits per heavy atom. The van der Waals surface area contributed by atoms with Crippen molar-refractivity contribution in [1.82, 2.24) is 4.57 Å². The minimum atomic E-state index is 1.03. The van der Waals surface area contributed by atoms with Gasteiger partial charge in [-0.05, 0) is 74.2 Å². The van der Waals surface area contributed by atoms with Gasteiger partial charge in [0, 0.05) is 17.1 Å². The third-order valence-corrected chi connectivity index (χ3v) is 4.76. The Kier molecular flexibility index (Phi) is 4.89. The van der Waals surface area contributed by atoms with Crippen LogP contribution in [0.25, 0.3) is 23.9 Å². The molecule has 0 unspecified atom stereocenters. The Bertz CT molecular complexity index is 920. The normalized spacial score (nSPS) is 14.4. The van der Waals surface area contributed by atoms with Crippen molar-refractivity contribution in [2.45, 2.75) is 47.0 Å². The van der Waals surface area contributed by atoms with E-state index in [9.17, 15) is 0 Å². The molecular formula is C23H27N. The fourth-order valence-electron chi connectivity index (χ4n) is 3.56. The molecule has 1 nitrogen and oxygen atoms in total. The molecule has 0 saturated carbocycles. The summed E-state index contributed by atoms with van der Waals surface area (Å²) in [5.41, 5.74) is 6.56. The quantitative estimate of drug-likeness (QED) is 0.721. The molecule has 2 aromatic rings. The number of aromatic nitrogens is 1. The number of hydrogen-bond donors (Lipinski definition) is 0. The predicted octanol–water partition coefficient (Wildman–Crippen LogP) is 4.68. The van der Waals surface area contributed by atoms with E-state index in [4.69, 9.17) is 0 Å². The first-order valence-corrected chi connectivity index (χ1v) is 8.97. The van der Waals surface area contributed by atoms with Crippen LogP contribution >= 0.6 is 0 Å². The first-order chi connectivity index (χ1) is 11.6. The first-order valence-electron chi connectivity index (χ1n) is 8.97. The Balaban J connectivity index is 2.15. The van der Waals surface area contributed by atoms with Crippen LogP contribution in [0.4, 0.5) is 0 Å². The molecule has 0 radical (unpaired) electrons. The van der Waals surface area contributed by atoms with Crippen molar-refractivity contribution in [2.75, 3.05) is 0 Å². The van der Waals surface area contributed by atoms with E-state index in [1.165, 1.54) is 38.6 Å². The van der Waals surface area contributed by atoms with Crippen molar-refractivity contribution >= 4 is 18.2 Å². The average Bonchev–Trinajstić information content (AvgIpc) is 2.90. The van der Waals surface area contributed by atoms with E-state index in [2.05, 4.69) is 86.9 Å². The molecule has 0 N–H and O–H groups in total. The molecule has 124 valence electrons. The molecule has 1 aliphatic carbocycles. The molecule has 1 aromatic heterocycles. The molecule has 24 heavy (non-hydrogen) atoms. The highest BCUT2D eigenvalue weighted by Crippen LogP contribution is 2.23. The second kappa shape index (κ2) is 7.09. The summed E-state index contributed by atoms with van der Waals surface area (Å²) in [5.74, 6) is 0. The van der Waals surface area contributed by atoms with Gasteiger partial charge in [0.2, 0.25) is 0 Å². The number of benzene rings is 1. The Morgan fingerprint density at radius 1 is 1.12 bits per heavy atom. The molecule has 3 rings (SSSR count). The van der Waals surface area contributed by atoms with Crippen LogP contribution in [0.5, 0.6) is 0 Å². The Morgan fingerprint density at radius 2 is 1.88 bits per heavy atom. The molecule has 0 amide bonds. The van der Waals surface area contributed by atoms with Crippen LogP contribution < -0.4 is 10.4 Å². The lowest BCUT2D eigenvalue weighted by Crippen LogP contribution is -2.27. The van der Waals surface area contributed by atoms with Crippen LogP contribution in [-0.2, 0) is 6.42 Å². The summed E-state index contributed by atoms with van der Waals surface area (Å²) in [6.07, 6.45) is 14.6. The first kappa shape index (κ1) is 16.6. The molecular weight excluding hydrogens is 290 g/mol. The summed E-state index contributed by atoms with van der Waals surface area (Å²) in [6.45, 7) is 8.68. The van der Waals surface area contributed by atoms with Gasteiger partial charge in [0.05, 0.1) is 0 Å². The predicted molar refractivity (Wildman–Crippen MR) is 106 cm³/mol. The van der Waals surface area contributed by atoms with Crippen LogP contribution in [-0.4, -0.2) is 4.57 Å². The molecule has 0 aliphatic heterocycles. The standard InChI is InChI=1S/C23H27N/c1-5-9-17(3)14-21-16-22(6-2)24(18(21)4)23-13-12-19-10-7-8-11-20(19)15-23/h5,9-16H,6-8H2,1-4H3/b9-5?,17-14-. The maximum absolute atomic E-state index is 2.41. The van der Waals surface area contributed by atoms with E-state index >= 15 is 0 Å². The number of hydrogen-bond acceptors (Lipinski definition) is 0. The highest BCUT2D eigenvalue weighted by molar-refractivity contribution is 5.60. The lowest BCUT2D eigenvalue weighted by Gasteiger charge is -2.12. The van der Waals surface area contributed by atoms with Gasteiger partial charge in [-0.2, -0.15) is 0 Å². The molecule has 0 fully saturated rings. The van der Waals surface area contributed by atoms with Crippen molar-refractivity contribution < 1.29 is 0 Å². The second-order valence-corrected chi connectivity index (χ2v) is 6.55. The summed E-state index contributed by atoms with van der Waals surface area (Å²) in [7, 11) is 0. The van der Waals surface area contributed by atoms with Crippen LogP contribution in [0.15, 0.2) is 42.0 Å². The highest BCUT2D eigenvalue weighted by atomic mass is 15.0. The second-order valence-electron chi connectivity index (χ2n) is 6.55. The summed E-state index contributed by atoms with van der Waals surface area (Å²) in [5, 5.41) is 2.74. The van der Waals surface area contributed by atoms with Gasteiger partial charge in [0.1, 0.15) is 0 Å². The zero-order valence-electron chi connectivity index (χ0n) is 15.3. The van der Waals surface area contributed by atoms with E-state index in [-0.39, 0.29) is 0 Å². The third-order valence-electron chi connectivity index (χ3n) is 4.76. The van der Waals surface area contributed by atoms with Crippen LogP contribution in [0.1, 0.15) is 50.6 Å². The van der Waals surface area contributed by atoms with Gasteiger partial charge >= 0.3 is 0 Å². The summed E-state index contributed by atoms with van der Waals surface area (Å²) < 4.78 is 2.41. The van der Waals surface area contributed by atoms with Gasteiger partial charge < -0.3 is 4.57 Å². The van der Waals surface area contributed by atoms with E-state index < -0.39 is 0 Å². The fraction of sp³-hybridized carbons (Fsp3) is 0.304. The van der Waals surface area contributed by atoms with Gasteiger partial charge in [-0.15, -0.1) is 0 Å².